The van der Waals surface area contributed by atoms with Crippen molar-refractivity contribution in [3.05, 3.63) is 64.4 Å². The van der Waals surface area contributed by atoms with Gasteiger partial charge in [0.1, 0.15) is 11.2 Å². The smallest absolute Gasteiger partial charge is 0.339 e. The molecule has 0 spiro atoms. The first-order chi connectivity index (χ1) is 16.3. The van der Waals surface area contributed by atoms with Gasteiger partial charge in [-0.05, 0) is 62.3 Å². The van der Waals surface area contributed by atoms with Crippen LogP contribution in [-0.2, 0) is 9.53 Å². The fourth-order valence-electron chi connectivity index (χ4n) is 3.54. The number of amides is 3. The van der Waals surface area contributed by atoms with Crippen LogP contribution >= 0.6 is 11.6 Å². The summed E-state index contributed by atoms with van der Waals surface area (Å²) in [6.45, 7) is 1.51. The van der Waals surface area contributed by atoms with E-state index in [1.807, 2.05) is 0 Å². The van der Waals surface area contributed by atoms with Crippen molar-refractivity contribution >= 4 is 35.3 Å². The lowest BCUT2D eigenvalue weighted by Crippen LogP contribution is -2.63. The lowest BCUT2D eigenvalue weighted by Gasteiger charge is -2.36. The Bertz CT molecular complexity index is 1040. The maximum atomic E-state index is 13.1. The van der Waals surface area contributed by atoms with E-state index in [9.17, 15) is 19.2 Å². The molecule has 0 bridgehead atoms. The number of rotatable bonds is 8. The first-order valence-corrected chi connectivity index (χ1v) is 11.1. The van der Waals surface area contributed by atoms with Crippen molar-refractivity contribution in [1.82, 2.24) is 26.3 Å². The molecule has 1 aromatic carbocycles. The molecule has 0 aliphatic carbocycles. The van der Waals surface area contributed by atoms with Gasteiger partial charge >= 0.3 is 5.97 Å². The molecule has 0 unspecified atom stereocenters. The van der Waals surface area contributed by atoms with E-state index in [4.69, 9.17) is 11.6 Å². The van der Waals surface area contributed by atoms with Crippen molar-refractivity contribution in [2.45, 2.75) is 18.4 Å². The third-order valence-corrected chi connectivity index (χ3v) is 5.72. The Balaban J connectivity index is 1.57. The van der Waals surface area contributed by atoms with Crippen LogP contribution in [0, 0.1) is 0 Å². The Hall–Kier alpha value is -3.50. The maximum absolute atomic E-state index is 13.1. The monoisotopic (exact) mass is 487 g/mol. The lowest BCUT2D eigenvalue weighted by molar-refractivity contribution is -0.128. The largest absolute Gasteiger partial charge is 0.465 e. The molecule has 3 amide bonds. The van der Waals surface area contributed by atoms with Gasteiger partial charge in [-0.1, -0.05) is 11.6 Å². The molecular formula is C23H26ClN5O5. The molecule has 2 heterocycles. The molecule has 1 fully saturated rings. The molecule has 1 aliphatic rings. The molecule has 180 valence electrons. The maximum Gasteiger partial charge on any atom is 0.339 e. The number of carbonyl (C=O) groups is 4. The van der Waals surface area contributed by atoms with Crippen LogP contribution in [0.1, 0.15) is 44.0 Å². The minimum Gasteiger partial charge on any atom is -0.465 e. The van der Waals surface area contributed by atoms with Crippen LogP contribution in [0.3, 0.4) is 0 Å². The Morgan fingerprint density at radius 3 is 2.24 bits per heavy atom. The highest BCUT2D eigenvalue weighted by Crippen LogP contribution is 2.19. The summed E-state index contributed by atoms with van der Waals surface area (Å²) in [5.74, 6) is -1.70. The minimum atomic E-state index is -1.12. The zero-order valence-electron chi connectivity index (χ0n) is 18.7. The van der Waals surface area contributed by atoms with Gasteiger partial charge < -0.3 is 26.0 Å². The first-order valence-electron chi connectivity index (χ1n) is 10.7. The molecule has 0 radical (unpaired) electrons. The molecule has 34 heavy (non-hydrogen) atoms. The number of piperidine rings is 1. The van der Waals surface area contributed by atoms with Gasteiger partial charge in [0.15, 0.2) is 0 Å². The second-order valence-electron chi connectivity index (χ2n) is 7.73. The number of benzene rings is 1. The van der Waals surface area contributed by atoms with Crippen LogP contribution in [-0.4, -0.2) is 67.5 Å². The third-order valence-electron chi connectivity index (χ3n) is 5.46. The molecule has 1 saturated heterocycles. The number of aromatic nitrogens is 1. The van der Waals surface area contributed by atoms with Crippen LogP contribution in [0.5, 0.6) is 0 Å². The number of esters is 1. The lowest BCUT2D eigenvalue weighted by atomic mass is 9.87. The van der Waals surface area contributed by atoms with Gasteiger partial charge in [0.25, 0.3) is 11.8 Å². The SMILES string of the molecule is COC(=O)c1ccc(C(=O)NC2(C(=O)NCCNC(=O)c3ccc(Cl)cc3)CCNCC2)nc1. The summed E-state index contributed by atoms with van der Waals surface area (Å²) in [5.41, 5.74) is -0.364. The number of ether oxygens (including phenoxy) is 1. The Labute approximate surface area is 201 Å². The highest BCUT2D eigenvalue weighted by molar-refractivity contribution is 6.30. The summed E-state index contributed by atoms with van der Waals surface area (Å²) in [6, 6.07) is 9.31. The predicted octanol–water partition coefficient (Wildman–Crippen LogP) is 0.920. The molecular weight excluding hydrogens is 462 g/mol. The van der Waals surface area contributed by atoms with Gasteiger partial charge in [-0.15, -0.1) is 0 Å². The van der Waals surface area contributed by atoms with Crippen molar-refractivity contribution in [3.8, 4) is 0 Å². The molecule has 0 atom stereocenters. The molecule has 2 aromatic rings. The Morgan fingerprint density at radius 1 is 0.971 bits per heavy atom. The number of methoxy groups -OCH3 is 1. The molecule has 3 rings (SSSR count). The average Bonchev–Trinajstić information content (AvgIpc) is 2.86. The summed E-state index contributed by atoms with van der Waals surface area (Å²) < 4.78 is 4.63. The van der Waals surface area contributed by atoms with Gasteiger partial charge in [0.05, 0.1) is 12.7 Å². The number of halogens is 1. The average molecular weight is 488 g/mol. The summed E-state index contributed by atoms with van der Waals surface area (Å²) in [4.78, 5) is 53.6. The standard InChI is InChI=1S/C23H26ClN5O5/c1-34-21(32)16-4-7-18(28-14-16)20(31)29-23(8-10-25-11-9-23)22(33)27-13-12-26-19(30)15-2-5-17(24)6-3-15/h2-7,14,25H,8-13H2,1H3,(H,26,30)(H,27,33)(H,29,31). The van der Waals surface area contributed by atoms with Crippen molar-refractivity contribution in [1.29, 1.82) is 0 Å². The molecule has 0 saturated carbocycles. The second kappa shape index (κ2) is 11.6. The molecule has 1 aromatic heterocycles. The molecule has 4 N–H and O–H groups in total. The van der Waals surface area contributed by atoms with Crippen molar-refractivity contribution in [2.24, 2.45) is 0 Å². The Kier molecular flexibility index (Phi) is 8.55. The fraction of sp³-hybridized carbons (Fsp3) is 0.348. The summed E-state index contributed by atoms with van der Waals surface area (Å²) in [6.07, 6.45) is 2.03. The van der Waals surface area contributed by atoms with Crippen LogP contribution in [0.4, 0.5) is 0 Å². The van der Waals surface area contributed by atoms with Crippen LogP contribution in [0.2, 0.25) is 5.02 Å². The van der Waals surface area contributed by atoms with Gasteiger partial charge in [-0.25, -0.2) is 4.79 Å². The number of nitrogens with zero attached hydrogens (tertiary/aromatic N) is 1. The van der Waals surface area contributed by atoms with E-state index in [0.717, 1.165) is 0 Å². The number of carbonyl (C=O) groups excluding carboxylic acids is 4. The van der Waals surface area contributed by atoms with E-state index in [0.29, 0.717) is 36.5 Å². The van der Waals surface area contributed by atoms with Gasteiger partial charge in [-0.3, -0.25) is 19.4 Å². The summed E-state index contributed by atoms with van der Waals surface area (Å²) >= 11 is 5.83. The highest BCUT2D eigenvalue weighted by atomic mass is 35.5. The van der Waals surface area contributed by atoms with E-state index in [1.54, 1.807) is 24.3 Å². The van der Waals surface area contributed by atoms with Gasteiger partial charge in [-0.2, -0.15) is 0 Å². The number of pyridine rings is 1. The minimum absolute atomic E-state index is 0.0774. The molecule has 1 aliphatic heterocycles. The zero-order chi connectivity index (χ0) is 24.6. The van der Waals surface area contributed by atoms with Crippen LogP contribution in [0.25, 0.3) is 0 Å². The molecule has 10 nitrogen and oxygen atoms in total. The number of hydrogen-bond donors (Lipinski definition) is 4. The van der Waals surface area contributed by atoms with Gasteiger partial charge in [0.2, 0.25) is 5.91 Å². The van der Waals surface area contributed by atoms with Crippen molar-refractivity contribution < 1.29 is 23.9 Å². The van der Waals surface area contributed by atoms with Crippen LogP contribution in [0.15, 0.2) is 42.6 Å². The van der Waals surface area contributed by atoms with Gasteiger partial charge in [0, 0.05) is 29.9 Å². The van der Waals surface area contributed by atoms with E-state index in [2.05, 4.69) is 31.0 Å². The number of hydrogen-bond acceptors (Lipinski definition) is 7. The van der Waals surface area contributed by atoms with E-state index in [-0.39, 0.29) is 36.2 Å². The molecule has 11 heteroatoms. The van der Waals surface area contributed by atoms with Crippen molar-refractivity contribution in [2.75, 3.05) is 33.3 Å². The predicted molar refractivity (Wildman–Crippen MR) is 125 cm³/mol. The highest BCUT2D eigenvalue weighted by Gasteiger charge is 2.41. The second-order valence-corrected chi connectivity index (χ2v) is 8.17. The summed E-state index contributed by atoms with van der Waals surface area (Å²) in [5, 5.41) is 12.1. The van der Waals surface area contributed by atoms with Crippen molar-refractivity contribution in [3.63, 3.8) is 0 Å². The van der Waals surface area contributed by atoms with E-state index < -0.39 is 17.4 Å². The third kappa shape index (κ3) is 6.30. The fourth-order valence-corrected chi connectivity index (χ4v) is 3.66. The quantitative estimate of drug-likeness (QED) is 0.321. The normalized spacial score (nSPS) is 14.5. The number of nitrogens with one attached hydrogen (secondary N) is 4. The Morgan fingerprint density at radius 2 is 1.62 bits per heavy atom. The summed E-state index contributed by atoms with van der Waals surface area (Å²) in [7, 11) is 1.26. The van der Waals surface area contributed by atoms with Crippen LogP contribution < -0.4 is 21.3 Å². The topological polar surface area (TPSA) is 139 Å². The van der Waals surface area contributed by atoms with E-state index >= 15 is 0 Å². The first kappa shape index (κ1) is 25.1. The zero-order valence-corrected chi connectivity index (χ0v) is 19.4. The van der Waals surface area contributed by atoms with E-state index in [1.165, 1.54) is 25.4 Å².